The molecule has 0 aliphatic heterocycles. The number of sulfonamides is 1. The van der Waals surface area contributed by atoms with Gasteiger partial charge in [-0.1, -0.05) is 12.1 Å². The molecule has 0 saturated heterocycles. The lowest BCUT2D eigenvalue weighted by Gasteiger charge is -2.16. The summed E-state index contributed by atoms with van der Waals surface area (Å²) < 4.78 is 22.9. The largest absolute Gasteiger partial charge is 0.319 e. The lowest BCUT2D eigenvalue weighted by Crippen LogP contribution is -2.17. The fourth-order valence-electron chi connectivity index (χ4n) is 3.54. The minimum Gasteiger partial charge on any atom is -0.319 e. The Morgan fingerprint density at radius 3 is 2.50 bits per heavy atom. The summed E-state index contributed by atoms with van der Waals surface area (Å²) in [4.78, 5) is 11.7. The molecule has 0 saturated carbocycles. The van der Waals surface area contributed by atoms with E-state index in [2.05, 4.69) is 9.97 Å². The third-order valence-corrected chi connectivity index (χ3v) is 6.93. The van der Waals surface area contributed by atoms with Gasteiger partial charge in [-0.3, -0.25) is 0 Å². The van der Waals surface area contributed by atoms with E-state index in [-0.39, 0.29) is 4.90 Å². The highest BCUT2D eigenvalue weighted by atomic mass is 32.2. The van der Waals surface area contributed by atoms with Crippen molar-refractivity contribution in [2.24, 2.45) is 10.9 Å². The third kappa shape index (κ3) is 3.03. The number of aromatic nitrogens is 2. The van der Waals surface area contributed by atoms with Crippen LogP contribution in [0, 0.1) is 6.92 Å². The minimum atomic E-state index is -3.72. The molecular weight excluding hydrogens is 368 g/mol. The maximum atomic E-state index is 11.5. The van der Waals surface area contributed by atoms with Crippen molar-refractivity contribution in [3.8, 4) is 0 Å². The van der Waals surface area contributed by atoms with Gasteiger partial charge in [-0.25, -0.2) is 23.5 Å². The van der Waals surface area contributed by atoms with Gasteiger partial charge >= 0.3 is 0 Å². The number of benzene rings is 1. The van der Waals surface area contributed by atoms with E-state index in [0.29, 0.717) is 5.82 Å². The molecule has 2 aromatic heterocycles. The van der Waals surface area contributed by atoms with Crippen LogP contribution in [-0.4, -0.2) is 18.4 Å². The molecule has 6 nitrogen and oxygen atoms in total. The Hall–Kier alpha value is -1.87. The number of nitrogens with two attached hydrogens (primary N) is 2. The summed E-state index contributed by atoms with van der Waals surface area (Å²) in [6, 6.07) is 5.92. The fourth-order valence-corrected chi connectivity index (χ4v) is 5.37. The number of primary sulfonamides is 1. The van der Waals surface area contributed by atoms with Crippen LogP contribution in [0.5, 0.6) is 0 Å². The van der Waals surface area contributed by atoms with Crippen LogP contribution in [0.4, 0.5) is 0 Å². The quantitative estimate of drug-likeness (QED) is 0.716. The molecule has 0 fully saturated rings. The molecular formula is C18H20N4O2S2. The van der Waals surface area contributed by atoms with Crippen LogP contribution >= 0.6 is 11.3 Å². The van der Waals surface area contributed by atoms with Gasteiger partial charge in [0, 0.05) is 10.3 Å². The standard InChI is InChI=1S/C18H20N4O2S2/c1-10-21-17(15-13-4-2-3-5-14(13)25-18(15)22-10)16(19)11-6-8-12(9-7-11)26(20,23)24/h6-9,16H,2-5,19H2,1H3,(H2,20,23,24). The van der Waals surface area contributed by atoms with E-state index in [1.165, 1.54) is 35.4 Å². The predicted molar refractivity (Wildman–Crippen MR) is 103 cm³/mol. The van der Waals surface area contributed by atoms with Gasteiger partial charge in [0.25, 0.3) is 0 Å². The second kappa shape index (κ2) is 6.38. The molecule has 1 aliphatic carbocycles. The third-order valence-electron chi connectivity index (χ3n) is 4.82. The Bertz CT molecular complexity index is 1090. The topological polar surface area (TPSA) is 112 Å². The minimum absolute atomic E-state index is 0.0744. The van der Waals surface area contributed by atoms with Crippen LogP contribution in [0.2, 0.25) is 0 Å². The first-order valence-electron chi connectivity index (χ1n) is 8.51. The van der Waals surface area contributed by atoms with Crippen molar-refractivity contribution >= 4 is 31.6 Å². The fraction of sp³-hybridized carbons (Fsp3) is 0.333. The molecule has 1 atom stereocenters. The van der Waals surface area contributed by atoms with Gasteiger partial charge in [-0.2, -0.15) is 0 Å². The van der Waals surface area contributed by atoms with Crippen LogP contribution in [0.3, 0.4) is 0 Å². The molecule has 136 valence electrons. The molecule has 4 rings (SSSR count). The van der Waals surface area contributed by atoms with Crippen molar-refractivity contribution < 1.29 is 8.42 Å². The van der Waals surface area contributed by atoms with Crippen LogP contribution in [0.25, 0.3) is 10.2 Å². The van der Waals surface area contributed by atoms with E-state index >= 15 is 0 Å². The first-order valence-corrected chi connectivity index (χ1v) is 10.9. The number of rotatable bonds is 3. The zero-order valence-corrected chi connectivity index (χ0v) is 16.0. The van der Waals surface area contributed by atoms with Crippen molar-refractivity contribution in [3.63, 3.8) is 0 Å². The monoisotopic (exact) mass is 388 g/mol. The SMILES string of the molecule is Cc1nc(C(N)c2ccc(S(N)(=O)=O)cc2)c2c3c(sc2n1)CCCC3. The molecule has 0 radical (unpaired) electrons. The summed E-state index contributed by atoms with van der Waals surface area (Å²) in [6.45, 7) is 1.87. The molecule has 0 amide bonds. The van der Waals surface area contributed by atoms with Crippen molar-refractivity contribution in [2.75, 3.05) is 0 Å². The number of nitrogens with zero attached hydrogens (tertiary/aromatic N) is 2. The van der Waals surface area contributed by atoms with Gasteiger partial charge in [0.15, 0.2) is 0 Å². The molecule has 3 aromatic rings. The van der Waals surface area contributed by atoms with Crippen LogP contribution in [0.1, 0.15) is 46.4 Å². The molecule has 1 aromatic carbocycles. The zero-order chi connectivity index (χ0) is 18.5. The van der Waals surface area contributed by atoms with Crippen molar-refractivity contribution in [3.05, 3.63) is 51.8 Å². The highest BCUT2D eigenvalue weighted by Crippen LogP contribution is 2.39. The van der Waals surface area contributed by atoms with Crippen LogP contribution in [-0.2, 0) is 22.9 Å². The Labute approximate surface area is 156 Å². The lowest BCUT2D eigenvalue weighted by molar-refractivity contribution is 0.597. The van der Waals surface area contributed by atoms with Crippen molar-refractivity contribution in [2.45, 2.75) is 43.5 Å². The average Bonchev–Trinajstić information content (AvgIpc) is 2.97. The van der Waals surface area contributed by atoms with E-state index in [0.717, 1.165) is 34.3 Å². The average molecular weight is 389 g/mol. The maximum Gasteiger partial charge on any atom is 0.238 e. The highest BCUT2D eigenvalue weighted by molar-refractivity contribution is 7.89. The van der Waals surface area contributed by atoms with E-state index in [1.54, 1.807) is 23.5 Å². The summed E-state index contributed by atoms with van der Waals surface area (Å²) in [5.41, 5.74) is 9.49. The van der Waals surface area contributed by atoms with Gasteiger partial charge < -0.3 is 5.73 Å². The number of aryl methyl sites for hydroxylation is 3. The number of thiophene rings is 1. The molecule has 0 bridgehead atoms. The van der Waals surface area contributed by atoms with E-state index < -0.39 is 16.1 Å². The number of fused-ring (bicyclic) bond motifs is 3. The summed E-state index contributed by atoms with van der Waals surface area (Å²) in [6.07, 6.45) is 4.51. The Morgan fingerprint density at radius 2 is 1.81 bits per heavy atom. The number of hydrogen-bond donors (Lipinski definition) is 2. The van der Waals surface area contributed by atoms with Crippen molar-refractivity contribution in [1.29, 1.82) is 0 Å². The Kier molecular flexibility index (Phi) is 4.31. The molecule has 1 aliphatic rings. The molecule has 0 spiro atoms. The lowest BCUT2D eigenvalue weighted by atomic mass is 9.93. The Morgan fingerprint density at radius 1 is 1.12 bits per heavy atom. The predicted octanol–water partition coefficient (Wildman–Crippen LogP) is 2.57. The summed E-state index contributed by atoms with van der Waals surface area (Å²) >= 11 is 1.74. The van der Waals surface area contributed by atoms with Gasteiger partial charge in [0.2, 0.25) is 10.0 Å². The highest BCUT2D eigenvalue weighted by Gasteiger charge is 2.24. The van der Waals surface area contributed by atoms with Gasteiger partial charge in [0.05, 0.1) is 16.6 Å². The second-order valence-corrected chi connectivity index (χ2v) is 9.28. The normalized spacial score (nSPS) is 15.8. The first kappa shape index (κ1) is 17.5. The van der Waals surface area contributed by atoms with Gasteiger partial charge in [-0.05, 0) is 55.9 Å². The van der Waals surface area contributed by atoms with E-state index in [1.807, 2.05) is 6.92 Å². The maximum absolute atomic E-state index is 11.5. The Balaban J connectivity index is 1.84. The summed E-state index contributed by atoms with van der Waals surface area (Å²) in [7, 11) is -3.72. The van der Waals surface area contributed by atoms with Crippen LogP contribution in [0.15, 0.2) is 29.2 Å². The molecule has 4 N–H and O–H groups in total. The number of hydrogen-bond acceptors (Lipinski definition) is 6. The molecule has 2 heterocycles. The van der Waals surface area contributed by atoms with Crippen LogP contribution < -0.4 is 10.9 Å². The van der Waals surface area contributed by atoms with Crippen molar-refractivity contribution in [1.82, 2.24) is 9.97 Å². The van der Waals surface area contributed by atoms with Gasteiger partial charge in [0.1, 0.15) is 10.7 Å². The molecule has 26 heavy (non-hydrogen) atoms. The second-order valence-electron chi connectivity index (χ2n) is 6.64. The van der Waals surface area contributed by atoms with E-state index in [4.69, 9.17) is 10.9 Å². The summed E-state index contributed by atoms with van der Waals surface area (Å²) in [5.74, 6) is 0.697. The van der Waals surface area contributed by atoms with Gasteiger partial charge in [-0.15, -0.1) is 11.3 Å². The first-order chi connectivity index (χ1) is 12.3. The molecule has 8 heteroatoms. The molecule has 1 unspecified atom stereocenters. The smallest absolute Gasteiger partial charge is 0.238 e. The summed E-state index contributed by atoms with van der Waals surface area (Å²) in [5, 5.41) is 6.25. The zero-order valence-electron chi connectivity index (χ0n) is 14.4. The van der Waals surface area contributed by atoms with E-state index in [9.17, 15) is 8.42 Å².